The van der Waals surface area contributed by atoms with Gasteiger partial charge in [0, 0.05) is 50.7 Å². The number of rotatable bonds is 6. The smallest absolute Gasteiger partial charge is 0.336 e. The lowest BCUT2D eigenvalue weighted by molar-refractivity contribution is 0.137. The van der Waals surface area contributed by atoms with Crippen molar-refractivity contribution in [1.29, 1.82) is 0 Å². The number of fused-ring (bicyclic) bond motifs is 1. The highest BCUT2D eigenvalue weighted by molar-refractivity contribution is 5.81. The Labute approximate surface area is 178 Å². The highest BCUT2D eigenvalue weighted by atomic mass is 16.4. The quantitative estimate of drug-likeness (QED) is 0.558. The minimum atomic E-state index is -0.264. The first kappa shape index (κ1) is 20.6. The standard InChI is InChI=1S/C26H30N2O2/c1-20(2)22-10-11-25-24(17-22)23(18-26(29)30-25)19-28-15-13-27(14-16-28)12-6-9-21-7-4-3-5-8-21/h3-11,17-18,20H,12-16,19H2,1-2H3. The van der Waals surface area contributed by atoms with Crippen molar-refractivity contribution in [3.8, 4) is 0 Å². The van der Waals surface area contributed by atoms with Gasteiger partial charge in [0.25, 0.3) is 0 Å². The zero-order valence-corrected chi connectivity index (χ0v) is 17.9. The summed E-state index contributed by atoms with van der Waals surface area (Å²) in [7, 11) is 0. The molecule has 4 rings (SSSR count). The van der Waals surface area contributed by atoms with Gasteiger partial charge in [-0.25, -0.2) is 4.79 Å². The molecule has 1 aromatic heterocycles. The summed E-state index contributed by atoms with van der Waals surface area (Å²) in [6.45, 7) is 10.2. The summed E-state index contributed by atoms with van der Waals surface area (Å²) in [5.41, 5.74) is 4.01. The summed E-state index contributed by atoms with van der Waals surface area (Å²) < 4.78 is 5.43. The van der Waals surface area contributed by atoms with Crippen LogP contribution in [0.15, 0.2) is 69.9 Å². The fourth-order valence-corrected chi connectivity index (χ4v) is 4.01. The summed E-state index contributed by atoms with van der Waals surface area (Å²) >= 11 is 0. The number of nitrogens with zero attached hydrogens (tertiary/aromatic N) is 2. The Morgan fingerprint density at radius 1 is 0.967 bits per heavy atom. The van der Waals surface area contributed by atoms with E-state index < -0.39 is 0 Å². The second-order valence-corrected chi connectivity index (χ2v) is 8.39. The maximum atomic E-state index is 12.1. The highest BCUT2D eigenvalue weighted by Crippen LogP contribution is 2.24. The summed E-state index contributed by atoms with van der Waals surface area (Å²) in [6.07, 6.45) is 4.43. The van der Waals surface area contributed by atoms with Gasteiger partial charge in [-0.2, -0.15) is 0 Å². The molecule has 0 bridgehead atoms. The molecule has 0 radical (unpaired) electrons. The lowest BCUT2D eigenvalue weighted by atomic mass is 9.99. The molecule has 3 aromatic rings. The minimum absolute atomic E-state index is 0.264. The van der Waals surface area contributed by atoms with Crippen LogP contribution >= 0.6 is 0 Å². The molecule has 4 heteroatoms. The molecule has 2 heterocycles. The van der Waals surface area contributed by atoms with Crippen LogP contribution in [0, 0.1) is 0 Å². The maximum absolute atomic E-state index is 12.1. The molecule has 0 N–H and O–H groups in total. The molecule has 1 aliphatic rings. The van der Waals surface area contributed by atoms with Crippen LogP contribution in [0.3, 0.4) is 0 Å². The van der Waals surface area contributed by atoms with Gasteiger partial charge in [-0.15, -0.1) is 0 Å². The molecule has 0 saturated carbocycles. The Morgan fingerprint density at radius 3 is 2.43 bits per heavy atom. The predicted molar refractivity (Wildman–Crippen MR) is 124 cm³/mol. The largest absolute Gasteiger partial charge is 0.423 e. The van der Waals surface area contributed by atoms with Crippen molar-refractivity contribution in [2.24, 2.45) is 0 Å². The third kappa shape index (κ3) is 5.07. The Morgan fingerprint density at radius 2 is 1.70 bits per heavy atom. The fourth-order valence-electron chi connectivity index (χ4n) is 4.01. The monoisotopic (exact) mass is 402 g/mol. The molecule has 2 aromatic carbocycles. The fraction of sp³-hybridized carbons (Fsp3) is 0.346. The van der Waals surface area contributed by atoms with Gasteiger partial charge in [0.05, 0.1) is 0 Å². The van der Waals surface area contributed by atoms with E-state index in [1.54, 1.807) is 6.07 Å². The number of piperazine rings is 1. The van der Waals surface area contributed by atoms with Gasteiger partial charge in [-0.1, -0.05) is 62.4 Å². The maximum Gasteiger partial charge on any atom is 0.336 e. The lowest BCUT2D eigenvalue weighted by Crippen LogP contribution is -2.45. The van der Waals surface area contributed by atoms with Gasteiger partial charge in [-0.05, 0) is 34.7 Å². The zero-order valence-electron chi connectivity index (χ0n) is 17.9. The van der Waals surface area contributed by atoms with Crippen LogP contribution in [-0.4, -0.2) is 42.5 Å². The molecule has 1 fully saturated rings. The second kappa shape index (κ2) is 9.41. The molecule has 30 heavy (non-hydrogen) atoms. The van der Waals surface area contributed by atoms with E-state index in [2.05, 4.69) is 72.2 Å². The van der Waals surface area contributed by atoms with Gasteiger partial charge >= 0.3 is 5.63 Å². The first-order valence-electron chi connectivity index (χ1n) is 10.8. The Balaban J connectivity index is 1.39. The molecular weight excluding hydrogens is 372 g/mol. The molecule has 0 atom stereocenters. The summed E-state index contributed by atoms with van der Waals surface area (Å²) in [5, 5.41) is 1.06. The average Bonchev–Trinajstić information content (AvgIpc) is 2.75. The normalized spacial score (nSPS) is 16.1. The van der Waals surface area contributed by atoms with Crippen LogP contribution in [0.4, 0.5) is 0 Å². The third-order valence-electron chi connectivity index (χ3n) is 5.85. The Kier molecular flexibility index (Phi) is 6.46. The molecule has 0 spiro atoms. The molecule has 0 unspecified atom stereocenters. The van der Waals surface area contributed by atoms with Crippen molar-refractivity contribution < 1.29 is 4.42 Å². The van der Waals surface area contributed by atoms with Gasteiger partial charge in [0.15, 0.2) is 0 Å². The van der Waals surface area contributed by atoms with Crippen molar-refractivity contribution in [2.45, 2.75) is 26.3 Å². The molecule has 0 amide bonds. The van der Waals surface area contributed by atoms with Crippen LogP contribution in [0.1, 0.15) is 36.5 Å². The van der Waals surface area contributed by atoms with Crippen LogP contribution < -0.4 is 5.63 Å². The van der Waals surface area contributed by atoms with E-state index >= 15 is 0 Å². The predicted octanol–water partition coefficient (Wildman–Crippen LogP) is 4.75. The van der Waals surface area contributed by atoms with Crippen molar-refractivity contribution in [3.63, 3.8) is 0 Å². The number of hydrogen-bond acceptors (Lipinski definition) is 4. The lowest BCUT2D eigenvalue weighted by Gasteiger charge is -2.34. The van der Waals surface area contributed by atoms with E-state index in [0.717, 1.165) is 50.2 Å². The summed E-state index contributed by atoms with van der Waals surface area (Å²) in [5.74, 6) is 0.446. The van der Waals surface area contributed by atoms with Crippen molar-refractivity contribution in [3.05, 3.63) is 87.8 Å². The third-order valence-corrected chi connectivity index (χ3v) is 5.85. The van der Waals surface area contributed by atoms with Crippen LogP contribution in [0.25, 0.3) is 17.0 Å². The van der Waals surface area contributed by atoms with E-state index in [0.29, 0.717) is 11.5 Å². The highest BCUT2D eigenvalue weighted by Gasteiger charge is 2.18. The number of hydrogen-bond donors (Lipinski definition) is 0. The van der Waals surface area contributed by atoms with Crippen molar-refractivity contribution in [2.75, 3.05) is 32.7 Å². The minimum Gasteiger partial charge on any atom is -0.423 e. The topological polar surface area (TPSA) is 36.7 Å². The molecule has 0 aliphatic carbocycles. The van der Waals surface area contributed by atoms with Gasteiger partial charge in [0.1, 0.15) is 5.58 Å². The average molecular weight is 403 g/mol. The van der Waals surface area contributed by atoms with E-state index in [1.165, 1.54) is 11.1 Å². The van der Waals surface area contributed by atoms with Gasteiger partial charge in [-0.3, -0.25) is 9.80 Å². The Hall–Kier alpha value is -2.69. The molecule has 156 valence electrons. The van der Waals surface area contributed by atoms with Crippen LogP contribution in [0.2, 0.25) is 0 Å². The SMILES string of the molecule is CC(C)c1ccc2oc(=O)cc(CN3CCN(CC=Cc4ccccc4)CC3)c2c1. The molecule has 1 saturated heterocycles. The van der Waals surface area contributed by atoms with Gasteiger partial charge in [0.2, 0.25) is 0 Å². The zero-order chi connectivity index (χ0) is 20.9. The van der Waals surface area contributed by atoms with Crippen LogP contribution in [-0.2, 0) is 6.54 Å². The van der Waals surface area contributed by atoms with Gasteiger partial charge < -0.3 is 4.42 Å². The second-order valence-electron chi connectivity index (χ2n) is 8.39. The van der Waals surface area contributed by atoms with E-state index in [-0.39, 0.29) is 5.63 Å². The van der Waals surface area contributed by atoms with Crippen LogP contribution in [0.5, 0.6) is 0 Å². The summed E-state index contributed by atoms with van der Waals surface area (Å²) in [6, 6.07) is 18.3. The molecule has 1 aliphatic heterocycles. The first-order chi connectivity index (χ1) is 14.6. The molecule has 4 nitrogen and oxygen atoms in total. The Bertz CT molecular complexity index is 1060. The number of benzene rings is 2. The molecular formula is C26H30N2O2. The summed E-state index contributed by atoms with van der Waals surface area (Å²) in [4.78, 5) is 17.0. The van der Waals surface area contributed by atoms with E-state index in [9.17, 15) is 4.79 Å². The van der Waals surface area contributed by atoms with E-state index in [4.69, 9.17) is 4.42 Å². The first-order valence-corrected chi connectivity index (χ1v) is 10.8. The van der Waals surface area contributed by atoms with Crippen molar-refractivity contribution >= 4 is 17.0 Å². The van der Waals surface area contributed by atoms with Crippen molar-refractivity contribution in [1.82, 2.24) is 9.80 Å². The van der Waals surface area contributed by atoms with E-state index in [1.807, 2.05) is 12.1 Å².